The number of aromatic hydroxyl groups is 1. The third-order valence-electron chi connectivity index (χ3n) is 4.60. The van der Waals surface area contributed by atoms with Gasteiger partial charge in [0, 0.05) is 40.3 Å². The molecular formula is C17H26IN7O. The van der Waals surface area contributed by atoms with Crippen LogP contribution in [0.4, 0.5) is 5.69 Å². The molecule has 0 amide bonds. The van der Waals surface area contributed by atoms with Crippen molar-refractivity contribution in [1.82, 2.24) is 25.0 Å². The van der Waals surface area contributed by atoms with Crippen LogP contribution in [0, 0.1) is 6.92 Å². The van der Waals surface area contributed by atoms with Crippen molar-refractivity contribution in [2.45, 2.75) is 13.5 Å². The van der Waals surface area contributed by atoms with Gasteiger partial charge in [0.05, 0.1) is 12.2 Å². The molecule has 0 bridgehead atoms. The van der Waals surface area contributed by atoms with Gasteiger partial charge in [-0.1, -0.05) is 12.1 Å². The van der Waals surface area contributed by atoms with Crippen molar-refractivity contribution < 1.29 is 5.11 Å². The Balaban J connectivity index is 0.00000243. The van der Waals surface area contributed by atoms with Crippen LogP contribution < -0.4 is 10.2 Å². The van der Waals surface area contributed by atoms with Gasteiger partial charge < -0.3 is 24.8 Å². The second-order valence-electron chi connectivity index (χ2n) is 6.09. The number of nitrogens with one attached hydrogen (secondary N) is 1. The maximum atomic E-state index is 10.0. The molecule has 3 rings (SSSR count). The van der Waals surface area contributed by atoms with Crippen LogP contribution in [0.25, 0.3) is 0 Å². The number of aromatic nitrogens is 3. The monoisotopic (exact) mass is 471 g/mol. The number of phenols is 1. The van der Waals surface area contributed by atoms with Gasteiger partial charge in [-0.2, -0.15) is 0 Å². The third-order valence-corrected chi connectivity index (χ3v) is 4.60. The second kappa shape index (κ2) is 9.06. The van der Waals surface area contributed by atoms with Gasteiger partial charge in [0.2, 0.25) is 0 Å². The van der Waals surface area contributed by atoms with Gasteiger partial charge in [0.15, 0.2) is 11.8 Å². The molecule has 1 saturated heterocycles. The van der Waals surface area contributed by atoms with E-state index < -0.39 is 0 Å². The van der Waals surface area contributed by atoms with E-state index in [0.717, 1.165) is 49.5 Å². The summed E-state index contributed by atoms with van der Waals surface area (Å²) >= 11 is 0. The Morgan fingerprint density at radius 1 is 1.19 bits per heavy atom. The summed E-state index contributed by atoms with van der Waals surface area (Å²) in [6, 6.07) is 7.47. The molecular weight excluding hydrogens is 445 g/mol. The highest BCUT2D eigenvalue weighted by Gasteiger charge is 2.21. The fourth-order valence-corrected chi connectivity index (χ4v) is 2.99. The lowest BCUT2D eigenvalue weighted by Gasteiger charge is -2.37. The van der Waals surface area contributed by atoms with Gasteiger partial charge >= 0.3 is 0 Å². The van der Waals surface area contributed by atoms with E-state index in [0.29, 0.717) is 12.3 Å². The van der Waals surface area contributed by atoms with Crippen LogP contribution in [0.1, 0.15) is 11.6 Å². The molecule has 0 unspecified atom stereocenters. The number of piperazine rings is 1. The quantitative estimate of drug-likeness (QED) is 0.400. The van der Waals surface area contributed by atoms with Crippen molar-refractivity contribution in [3.63, 3.8) is 0 Å². The minimum absolute atomic E-state index is 0. The Morgan fingerprint density at radius 3 is 2.46 bits per heavy atom. The molecule has 0 spiro atoms. The van der Waals surface area contributed by atoms with E-state index in [1.165, 1.54) is 0 Å². The van der Waals surface area contributed by atoms with Crippen LogP contribution >= 0.6 is 24.0 Å². The molecule has 0 atom stereocenters. The van der Waals surface area contributed by atoms with E-state index in [2.05, 4.69) is 30.3 Å². The number of aliphatic imine (C=N–C) groups is 1. The SMILES string of the molecule is CN=C(NCc1nnc(C)n1C)N1CCN(c2ccccc2O)CC1.I. The molecule has 1 aliphatic rings. The van der Waals surface area contributed by atoms with Crippen LogP contribution in [0.3, 0.4) is 0 Å². The number of benzene rings is 1. The van der Waals surface area contributed by atoms with E-state index >= 15 is 0 Å². The molecule has 0 saturated carbocycles. The van der Waals surface area contributed by atoms with Crippen LogP contribution in [-0.4, -0.2) is 64.0 Å². The summed E-state index contributed by atoms with van der Waals surface area (Å²) in [6.45, 7) is 5.87. The van der Waals surface area contributed by atoms with E-state index in [4.69, 9.17) is 0 Å². The number of aryl methyl sites for hydroxylation is 1. The lowest BCUT2D eigenvalue weighted by molar-refractivity contribution is 0.369. The number of hydrogen-bond acceptors (Lipinski definition) is 5. The van der Waals surface area contributed by atoms with Gasteiger partial charge in [0.25, 0.3) is 0 Å². The molecule has 1 fully saturated rings. The molecule has 8 nitrogen and oxygen atoms in total. The zero-order valence-electron chi connectivity index (χ0n) is 15.4. The molecule has 26 heavy (non-hydrogen) atoms. The van der Waals surface area contributed by atoms with E-state index in [-0.39, 0.29) is 24.0 Å². The molecule has 2 N–H and O–H groups in total. The van der Waals surface area contributed by atoms with Crippen LogP contribution in [0.5, 0.6) is 5.75 Å². The fraction of sp³-hybridized carbons (Fsp3) is 0.471. The Hall–Kier alpha value is -2.04. The molecule has 9 heteroatoms. The number of hydrogen-bond donors (Lipinski definition) is 2. The van der Waals surface area contributed by atoms with E-state index in [9.17, 15) is 5.11 Å². The van der Waals surface area contributed by atoms with Crippen molar-refractivity contribution >= 4 is 35.6 Å². The minimum Gasteiger partial charge on any atom is -0.506 e. The minimum atomic E-state index is 0. The molecule has 0 aliphatic carbocycles. The van der Waals surface area contributed by atoms with Crippen LogP contribution in [0.15, 0.2) is 29.3 Å². The van der Waals surface area contributed by atoms with Gasteiger partial charge in [-0.3, -0.25) is 4.99 Å². The van der Waals surface area contributed by atoms with Gasteiger partial charge in [-0.15, -0.1) is 34.2 Å². The highest BCUT2D eigenvalue weighted by Crippen LogP contribution is 2.27. The topological polar surface area (TPSA) is 81.8 Å². The van der Waals surface area contributed by atoms with Gasteiger partial charge in [-0.25, -0.2) is 0 Å². The first-order valence-electron chi connectivity index (χ1n) is 8.43. The average Bonchev–Trinajstić information content (AvgIpc) is 2.95. The van der Waals surface area contributed by atoms with Crippen LogP contribution in [0.2, 0.25) is 0 Å². The van der Waals surface area contributed by atoms with Gasteiger partial charge in [0.1, 0.15) is 11.6 Å². The smallest absolute Gasteiger partial charge is 0.194 e. The Morgan fingerprint density at radius 2 is 1.88 bits per heavy atom. The maximum Gasteiger partial charge on any atom is 0.194 e. The van der Waals surface area contributed by atoms with Crippen molar-refractivity contribution in [3.8, 4) is 5.75 Å². The second-order valence-corrected chi connectivity index (χ2v) is 6.09. The third kappa shape index (κ3) is 4.37. The highest BCUT2D eigenvalue weighted by molar-refractivity contribution is 14.0. The average molecular weight is 471 g/mol. The number of guanidine groups is 1. The zero-order chi connectivity index (χ0) is 17.8. The Labute approximate surface area is 170 Å². The molecule has 142 valence electrons. The number of phenolic OH excluding ortho intramolecular Hbond substituents is 1. The maximum absolute atomic E-state index is 10.0. The summed E-state index contributed by atoms with van der Waals surface area (Å²) in [6.07, 6.45) is 0. The van der Waals surface area contributed by atoms with Crippen molar-refractivity contribution in [1.29, 1.82) is 0 Å². The molecule has 1 aromatic carbocycles. The van der Waals surface area contributed by atoms with E-state index in [1.807, 2.05) is 36.7 Å². The Kier molecular flexibility index (Phi) is 7.06. The number of para-hydroxylation sites is 2. The summed E-state index contributed by atoms with van der Waals surface area (Å²) in [5, 5.41) is 21.6. The first-order chi connectivity index (χ1) is 12.1. The molecule has 1 aliphatic heterocycles. The van der Waals surface area contributed by atoms with Crippen LogP contribution in [-0.2, 0) is 13.6 Å². The normalized spacial score (nSPS) is 15.0. The lowest BCUT2D eigenvalue weighted by atomic mass is 10.2. The van der Waals surface area contributed by atoms with Crippen molar-refractivity contribution in [2.75, 3.05) is 38.1 Å². The Bertz CT molecular complexity index is 753. The number of halogens is 1. The largest absolute Gasteiger partial charge is 0.506 e. The lowest BCUT2D eigenvalue weighted by Crippen LogP contribution is -2.52. The van der Waals surface area contributed by atoms with Crippen molar-refractivity contribution in [3.05, 3.63) is 35.9 Å². The molecule has 0 radical (unpaired) electrons. The molecule has 2 aromatic rings. The number of rotatable bonds is 3. The summed E-state index contributed by atoms with van der Waals surface area (Å²) in [4.78, 5) is 8.81. The predicted molar refractivity (Wildman–Crippen MR) is 113 cm³/mol. The highest BCUT2D eigenvalue weighted by atomic mass is 127. The zero-order valence-corrected chi connectivity index (χ0v) is 17.7. The molecule has 2 heterocycles. The van der Waals surface area contributed by atoms with Crippen molar-refractivity contribution in [2.24, 2.45) is 12.0 Å². The summed E-state index contributed by atoms with van der Waals surface area (Å²) in [5.41, 5.74) is 0.889. The summed E-state index contributed by atoms with van der Waals surface area (Å²) < 4.78 is 1.97. The summed E-state index contributed by atoms with van der Waals surface area (Å²) in [7, 11) is 3.75. The number of nitrogens with zero attached hydrogens (tertiary/aromatic N) is 6. The molecule has 1 aromatic heterocycles. The van der Waals surface area contributed by atoms with Gasteiger partial charge in [-0.05, 0) is 19.1 Å². The first kappa shape index (κ1) is 20.3. The standard InChI is InChI=1S/C17H25N7O.HI/c1-13-20-21-16(22(13)3)12-19-17(18-2)24-10-8-23(9-11-24)14-6-4-5-7-15(14)25;/h4-7,25H,8-12H2,1-3H3,(H,18,19);1H. The number of anilines is 1. The predicted octanol–water partition coefficient (Wildman–Crippen LogP) is 1.34. The van der Waals surface area contributed by atoms with E-state index in [1.54, 1.807) is 13.1 Å². The fourth-order valence-electron chi connectivity index (χ4n) is 2.99. The first-order valence-corrected chi connectivity index (χ1v) is 8.43. The summed E-state index contributed by atoms with van der Waals surface area (Å²) in [5.74, 6) is 2.96.